The van der Waals surface area contributed by atoms with Crippen LogP contribution in [0.1, 0.15) is 44.6 Å². The number of carbonyl (C=O) groups is 1. The lowest BCUT2D eigenvalue weighted by molar-refractivity contribution is -0.128. The van der Waals surface area contributed by atoms with Gasteiger partial charge in [0.25, 0.3) is 0 Å². The summed E-state index contributed by atoms with van der Waals surface area (Å²) >= 11 is 1.63. The molecular weight excluding hydrogens is 354 g/mol. The number of rotatable bonds is 3. The number of nitrogens with zero attached hydrogens (tertiary/aromatic N) is 1. The number of fused-ring (bicyclic) bond motifs is 2. The zero-order valence-electron chi connectivity index (χ0n) is 15.5. The van der Waals surface area contributed by atoms with Gasteiger partial charge in [-0.25, -0.2) is 4.98 Å². The van der Waals surface area contributed by atoms with E-state index in [1.54, 1.807) is 11.3 Å². The van der Waals surface area contributed by atoms with Crippen LogP contribution < -0.4 is 4.74 Å². The summed E-state index contributed by atoms with van der Waals surface area (Å²) in [6.07, 6.45) is 9.91. The Balaban J connectivity index is 1.31. The van der Waals surface area contributed by atoms with Crippen molar-refractivity contribution in [3.63, 3.8) is 0 Å². The minimum absolute atomic E-state index is 0.103. The summed E-state index contributed by atoms with van der Waals surface area (Å²) in [5.74, 6) is 2.72. The second-order valence-electron chi connectivity index (χ2n) is 9.32. The predicted molar refractivity (Wildman–Crippen MR) is 107 cm³/mol. The monoisotopic (exact) mass is 377 g/mol. The molecular formula is C23H23NO2S. The van der Waals surface area contributed by atoms with Gasteiger partial charge in [-0.3, -0.25) is 4.79 Å². The quantitative estimate of drug-likeness (QED) is 0.722. The molecule has 0 radical (unpaired) electrons. The number of Topliss-reactive ketones (excluding diaryl/α,β-unsaturated/α-hetero) is 1. The van der Waals surface area contributed by atoms with Gasteiger partial charge in [0.2, 0.25) is 0 Å². The van der Waals surface area contributed by atoms with Crippen molar-refractivity contribution >= 4 is 23.2 Å². The van der Waals surface area contributed by atoms with Gasteiger partial charge in [0.15, 0.2) is 5.78 Å². The Morgan fingerprint density at radius 2 is 2.19 bits per heavy atom. The highest BCUT2D eigenvalue weighted by atomic mass is 32.1. The molecule has 1 aromatic carbocycles. The first-order valence-electron chi connectivity index (χ1n) is 9.99. The molecule has 1 aromatic heterocycles. The van der Waals surface area contributed by atoms with Crippen molar-refractivity contribution in [2.45, 2.75) is 39.0 Å². The van der Waals surface area contributed by atoms with Gasteiger partial charge in [0, 0.05) is 33.7 Å². The first kappa shape index (κ1) is 16.1. The van der Waals surface area contributed by atoms with Crippen molar-refractivity contribution in [1.29, 1.82) is 0 Å². The number of ether oxygens (including phenoxy) is 1. The molecule has 2 heterocycles. The molecule has 138 valence electrons. The molecule has 1 aliphatic heterocycles. The Morgan fingerprint density at radius 1 is 1.26 bits per heavy atom. The van der Waals surface area contributed by atoms with E-state index in [9.17, 15) is 4.79 Å². The van der Waals surface area contributed by atoms with Crippen LogP contribution in [0.5, 0.6) is 5.75 Å². The molecule has 4 heteroatoms. The summed E-state index contributed by atoms with van der Waals surface area (Å²) in [5.41, 5.74) is 3.38. The second kappa shape index (κ2) is 5.32. The predicted octanol–water partition coefficient (Wildman–Crippen LogP) is 5.37. The summed E-state index contributed by atoms with van der Waals surface area (Å²) in [4.78, 5) is 17.9. The van der Waals surface area contributed by atoms with Crippen LogP contribution in [0.3, 0.4) is 0 Å². The van der Waals surface area contributed by atoms with Gasteiger partial charge in [0.1, 0.15) is 17.4 Å². The molecule has 4 unspecified atom stereocenters. The molecule has 3 saturated carbocycles. The molecule has 3 aliphatic carbocycles. The zero-order valence-corrected chi connectivity index (χ0v) is 16.3. The Morgan fingerprint density at radius 3 is 3.04 bits per heavy atom. The Labute approximate surface area is 163 Å². The highest BCUT2D eigenvalue weighted by Crippen LogP contribution is 2.76. The molecule has 0 N–H and O–H groups in total. The van der Waals surface area contributed by atoms with Crippen LogP contribution in [0.2, 0.25) is 0 Å². The van der Waals surface area contributed by atoms with Crippen LogP contribution in [-0.2, 0) is 4.79 Å². The third-order valence-corrected chi connectivity index (χ3v) is 8.18. The van der Waals surface area contributed by atoms with Crippen molar-refractivity contribution in [3.05, 3.63) is 40.9 Å². The third kappa shape index (κ3) is 2.32. The normalized spacial score (nSPS) is 35.7. The molecule has 2 bridgehead atoms. The van der Waals surface area contributed by atoms with Crippen molar-refractivity contribution in [2.24, 2.45) is 22.7 Å². The number of hydrogen-bond acceptors (Lipinski definition) is 4. The van der Waals surface area contributed by atoms with Gasteiger partial charge in [-0.1, -0.05) is 19.1 Å². The van der Waals surface area contributed by atoms with E-state index in [0.717, 1.165) is 52.6 Å². The summed E-state index contributed by atoms with van der Waals surface area (Å²) in [6, 6.07) is 6.19. The maximum atomic E-state index is 13.5. The smallest absolute Gasteiger partial charge is 0.168 e. The van der Waals surface area contributed by atoms with Gasteiger partial charge >= 0.3 is 0 Å². The van der Waals surface area contributed by atoms with E-state index in [-0.39, 0.29) is 5.41 Å². The van der Waals surface area contributed by atoms with Gasteiger partial charge in [-0.2, -0.15) is 0 Å². The number of thiazole rings is 1. The van der Waals surface area contributed by atoms with Crippen LogP contribution in [0.25, 0.3) is 16.6 Å². The van der Waals surface area contributed by atoms with Crippen molar-refractivity contribution in [1.82, 2.24) is 4.98 Å². The molecule has 1 spiro atoms. The van der Waals surface area contributed by atoms with Crippen molar-refractivity contribution in [2.75, 3.05) is 6.61 Å². The summed E-state index contributed by atoms with van der Waals surface area (Å²) < 4.78 is 6.04. The summed E-state index contributed by atoms with van der Waals surface area (Å²) in [7, 11) is 0. The number of hydrogen-bond donors (Lipinski definition) is 0. The molecule has 0 saturated heterocycles. The Kier molecular flexibility index (Phi) is 3.16. The van der Waals surface area contributed by atoms with Crippen LogP contribution in [0, 0.1) is 22.7 Å². The lowest BCUT2D eigenvalue weighted by Crippen LogP contribution is -2.38. The zero-order chi connectivity index (χ0) is 18.2. The third-order valence-electron chi connectivity index (χ3n) is 7.36. The van der Waals surface area contributed by atoms with Crippen LogP contribution in [-0.4, -0.2) is 17.4 Å². The number of ketones is 1. The molecule has 0 amide bonds. The number of carbonyl (C=O) groups excluding carboxylic acids is 1. The van der Waals surface area contributed by atoms with E-state index in [4.69, 9.17) is 4.74 Å². The fourth-order valence-electron chi connectivity index (χ4n) is 6.47. The lowest BCUT2D eigenvalue weighted by atomic mass is 9.64. The Hall–Kier alpha value is -1.94. The second-order valence-corrected chi connectivity index (χ2v) is 10.2. The van der Waals surface area contributed by atoms with E-state index in [2.05, 4.69) is 30.1 Å². The Bertz CT molecular complexity index is 974. The standard InChI is InChI=1S/C23H23NO2S/c1-14-8-22-10-18(22)11-23(9-14,13-22)20(25)17-6-15-2-3-16(7-19(15)26-12-17)21-24-4-5-27-21/h2-7,14,18H,8-13H2,1H3. The number of benzene rings is 1. The maximum absolute atomic E-state index is 13.5. The summed E-state index contributed by atoms with van der Waals surface area (Å²) in [5, 5.41) is 2.98. The first-order chi connectivity index (χ1) is 13.1. The number of aromatic nitrogens is 1. The van der Waals surface area contributed by atoms with E-state index >= 15 is 0 Å². The SMILES string of the molecule is CC1CC2(C(=O)C3=Cc4ccc(-c5nccs5)cc4OC3)CC3CC3(C1)C2. The van der Waals surface area contributed by atoms with Crippen LogP contribution in [0.4, 0.5) is 0 Å². The minimum atomic E-state index is -0.103. The summed E-state index contributed by atoms with van der Waals surface area (Å²) in [6.45, 7) is 2.74. The average Bonchev–Trinajstić information content (AvgIpc) is 3.04. The van der Waals surface area contributed by atoms with Gasteiger partial charge < -0.3 is 4.74 Å². The van der Waals surface area contributed by atoms with E-state index in [0.29, 0.717) is 23.7 Å². The molecule has 4 atom stereocenters. The van der Waals surface area contributed by atoms with E-state index < -0.39 is 0 Å². The molecule has 3 fully saturated rings. The van der Waals surface area contributed by atoms with E-state index in [1.807, 2.05) is 17.6 Å². The van der Waals surface area contributed by atoms with Gasteiger partial charge in [-0.05, 0) is 61.5 Å². The highest BCUT2D eigenvalue weighted by Gasteiger charge is 2.69. The molecule has 2 aromatic rings. The first-order valence-corrected chi connectivity index (χ1v) is 10.9. The van der Waals surface area contributed by atoms with Gasteiger partial charge in [0.05, 0.1) is 0 Å². The highest BCUT2D eigenvalue weighted by molar-refractivity contribution is 7.13. The molecule has 6 rings (SSSR count). The molecule has 3 nitrogen and oxygen atoms in total. The maximum Gasteiger partial charge on any atom is 0.168 e. The van der Waals surface area contributed by atoms with Crippen LogP contribution in [0.15, 0.2) is 35.3 Å². The molecule has 27 heavy (non-hydrogen) atoms. The lowest BCUT2D eigenvalue weighted by Gasteiger charge is -2.39. The fourth-order valence-corrected chi connectivity index (χ4v) is 7.10. The van der Waals surface area contributed by atoms with Crippen LogP contribution >= 0.6 is 11.3 Å². The topological polar surface area (TPSA) is 39.2 Å². The molecule has 4 aliphatic rings. The minimum Gasteiger partial charge on any atom is -0.488 e. The largest absolute Gasteiger partial charge is 0.488 e. The fraction of sp³-hybridized carbons (Fsp3) is 0.478. The van der Waals surface area contributed by atoms with Gasteiger partial charge in [-0.15, -0.1) is 11.3 Å². The van der Waals surface area contributed by atoms with Crippen molar-refractivity contribution in [3.8, 4) is 16.3 Å². The van der Waals surface area contributed by atoms with E-state index in [1.165, 1.54) is 12.8 Å². The van der Waals surface area contributed by atoms with Crippen molar-refractivity contribution < 1.29 is 9.53 Å². The average molecular weight is 378 g/mol.